The van der Waals surface area contributed by atoms with Crippen molar-refractivity contribution in [3.63, 3.8) is 0 Å². The van der Waals surface area contributed by atoms with E-state index in [1.807, 2.05) is 0 Å². The Morgan fingerprint density at radius 3 is 2.62 bits per heavy atom. The van der Waals surface area contributed by atoms with Crippen molar-refractivity contribution in [3.8, 4) is 0 Å². The zero-order valence-corrected chi connectivity index (χ0v) is 9.90. The highest BCUT2D eigenvalue weighted by atomic mass is 35.7. The molecule has 0 fully saturated rings. The van der Waals surface area contributed by atoms with Gasteiger partial charge in [0, 0.05) is 17.2 Å². The first-order valence-electron chi connectivity index (χ1n) is 4.38. The maximum absolute atomic E-state index is 13.2. The number of carbonyl (C=O) groups excluding carboxylic acids is 1. The molecule has 0 atom stereocenters. The van der Waals surface area contributed by atoms with Crippen molar-refractivity contribution in [3.05, 3.63) is 29.6 Å². The molecule has 7 heteroatoms. The summed E-state index contributed by atoms with van der Waals surface area (Å²) < 4.78 is 35.2. The van der Waals surface area contributed by atoms with Crippen LogP contribution in [-0.2, 0) is 9.05 Å². The molecule has 0 aliphatic rings. The van der Waals surface area contributed by atoms with Crippen molar-refractivity contribution >= 4 is 25.6 Å². The predicted octanol–water partition coefficient (Wildman–Crippen LogP) is 1.50. The Hall–Kier alpha value is -1.14. The molecule has 0 unspecified atom stereocenters. The first-order chi connectivity index (χ1) is 7.36. The molecule has 0 heterocycles. The van der Waals surface area contributed by atoms with E-state index in [1.165, 1.54) is 0 Å². The van der Waals surface area contributed by atoms with E-state index in [9.17, 15) is 17.6 Å². The monoisotopic (exact) mass is 265 g/mol. The lowest BCUT2D eigenvalue weighted by molar-refractivity contribution is 0.0951. The quantitative estimate of drug-likeness (QED) is 0.843. The highest BCUT2D eigenvalue weighted by Crippen LogP contribution is 2.18. The third-order valence-electron chi connectivity index (χ3n) is 1.80. The summed E-state index contributed by atoms with van der Waals surface area (Å²) >= 11 is 0. The minimum Gasteiger partial charge on any atom is -0.352 e. The predicted molar refractivity (Wildman–Crippen MR) is 57.4 cm³/mol. The summed E-state index contributed by atoms with van der Waals surface area (Å²) in [7, 11) is 1.12. The second-order valence-electron chi connectivity index (χ2n) is 2.94. The molecule has 1 N–H and O–H groups in total. The van der Waals surface area contributed by atoms with E-state index in [2.05, 4.69) is 5.32 Å². The Morgan fingerprint density at radius 1 is 1.50 bits per heavy atom. The van der Waals surface area contributed by atoms with E-state index in [4.69, 9.17) is 10.7 Å². The molecule has 0 bridgehead atoms. The van der Waals surface area contributed by atoms with Crippen LogP contribution in [-0.4, -0.2) is 20.9 Å². The molecule has 88 valence electrons. The summed E-state index contributed by atoms with van der Waals surface area (Å²) in [6.07, 6.45) is 0. The van der Waals surface area contributed by atoms with Crippen molar-refractivity contribution in [2.75, 3.05) is 6.54 Å². The van der Waals surface area contributed by atoms with Gasteiger partial charge in [-0.1, -0.05) is 0 Å². The lowest BCUT2D eigenvalue weighted by atomic mass is 10.2. The molecule has 0 aromatic heterocycles. The lowest BCUT2D eigenvalue weighted by Gasteiger charge is -2.04. The second-order valence-corrected chi connectivity index (χ2v) is 5.50. The summed E-state index contributed by atoms with van der Waals surface area (Å²) in [6, 6.07) is 2.79. The van der Waals surface area contributed by atoms with Crippen LogP contribution < -0.4 is 5.32 Å². The molecule has 0 saturated heterocycles. The molecule has 4 nitrogen and oxygen atoms in total. The Balaban J connectivity index is 3.24. The Labute approximate surface area is 96.8 Å². The van der Waals surface area contributed by atoms with Crippen molar-refractivity contribution < 1.29 is 17.6 Å². The summed E-state index contributed by atoms with van der Waals surface area (Å²) in [5, 5.41) is 2.36. The summed E-state index contributed by atoms with van der Waals surface area (Å²) in [5.41, 5.74) is -0.344. The van der Waals surface area contributed by atoms with Crippen LogP contribution in [0.15, 0.2) is 23.1 Å². The molecule has 0 spiro atoms. The second kappa shape index (κ2) is 4.80. The van der Waals surface area contributed by atoms with Gasteiger partial charge in [0.2, 0.25) is 0 Å². The summed E-state index contributed by atoms with van der Waals surface area (Å²) in [6.45, 7) is 1.98. The molecule has 0 aliphatic heterocycles. The third kappa shape index (κ3) is 2.93. The van der Waals surface area contributed by atoms with Gasteiger partial charge in [0.15, 0.2) is 0 Å². The van der Waals surface area contributed by atoms with E-state index in [0.29, 0.717) is 6.54 Å². The minimum absolute atomic E-state index is 0.309. The normalized spacial score (nSPS) is 11.2. The van der Waals surface area contributed by atoms with Gasteiger partial charge in [-0.2, -0.15) is 0 Å². The van der Waals surface area contributed by atoms with Gasteiger partial charge >= 0.3 is 0 Å². The number of rotatable bonds is 3. The van der Waals surface area contributed by atoms with Crippen LogP contribution in [0.1, 0.15) is 17.3 Å². The largest absolute Gasteiger partial charge is 0.352 e. The topological polar surface area (TPSA) is 63.2 Å². The van der Waals surface area contributed by atoms with Gasteiger partial charge in [0.25, 0.3) is 15.0 Å². The van der Waals surface area contributed by atoms with Crippen molar-refractivity contribution in [1.29, 1.82) is 0 Å². The zero-order chi connectivity index (χ0) is 12.3. The van der Waals surface area contributed by atoms with Gasteiger partial charge in [-0.25, -0.2) is 12.8 Å². The van der Waals surface area contributed by atoms with E-state index in [-0.39, 0.29) is 10.5 Å². The van der Waals surface area contributed by atoms with Gasteiger partial charge in [-0.15, -0.1) is 0 Å². The highest BCUT2D eigenvalue weighted by molar-refractivity contribution is 8.13. The molecule has 0 saturated carbocycles. The molecule has 0 aliphatic carbocycles. The van der Waals surface area contributed by atoms with E-state index in [0.717, 1.165) is 18.2 Å². The number of hydrogen-bond acceptors (Lipinski definition) is 3. The standard InChI is InChI=1S/C9H9ClFNO3S/c1-2-12-9(13)7-5-6(16(10,14)15)3-4-8(7)11/h3-5H,2H2,1H3,(H,12,13). The fourth-order valence-corrected chi connectivity index (χ4v) is 1.86. The van der Waals surface area contributed by atoms with E-state index in [1.54, 1.807) is 6.92 Å². The van der Waals surface area contributed by atoms with Crippen LogP contribution in [0.2, 0.25) is 0 Å². The Morgan fingerprint density at radius 2 is 2.12 bits per heavy atom. The van der Waals surface area contributed by atoms with Crippen LogP contribution in [0.3, 0.4) is 0 Å². The maximum Gasteiger partial charge on any atom is 0.261 e. The van der Waals surface area contributed by atoms with Gasteiger partial charge in [-0.3, -0.25) is 4.79 Å². The van der Waals surface area contributed by atoms with Crippen molar-refractivity contribution in [2.24, 2.45) is 0 Å². The lowest BCUT2D eigenvalue weighted by Crippen LogP contribution is -2.23. The molecule has 1 aromatic carbocycles. The molecular weight excluding hydrogens is 257 g/mol. The van der Waals surface area contributed by atoms with Crippen LogP contribution in [0, 0.1) is 5.82 Å². The first kappa shape index (κ1) is 12.9. The molecule has 1 aromatic rings. The van der Waals surface area contributed by atoms with Gasteiger partial charge in [-0.05, 0) is 25.1 Å². The van der Waals surface area contributed by atoms with Crippen molar-refractivity contribution in [1.82, 2.24) is 5.32 Å². The van der Waals surface area contributed by atoms with E-state index < -0.39 is 20.8 Å². The van der Waals surface area contributed by atoms with E-state index >= 15 is 0 Å². The molecule has 0 radical (unpaired) electrons. The van der Waals surface area contributed by atoms with Gasteiger partial charge in [0.05, 0.1) is 10.5 Å². The first-order valence-corrected chi connectivity index (χ1v) is 6.69. The third-order valence-corrected chi connectivity index (χ3v) is 3.15. The molecule has 1 rings (SSSR count). The number of carbonyl (C=O) groups is 1. The van der Waals surface area contributed by atoms with Gasteiger partial charge in [0.1, 0.15) is 5.82 Å². The number of amides is 1. The van der Waals surface area contributed by atoms with Crippen molar-refractivity contribution in [2.45, 2.75) is 11.8 Å². The van der Waals surface area contributed by atoms with Crippen LogP contribution in [0.25, 0.3) is 0 Å². The Kier molecular flexibility index (Phi) is 3.88. The fourth-order valence-electron chi connectivity index (χ4n) is 1.09. The summed E-state index contributed by atoms with van der Waals surface area (Å²) in [4.78, 5) is 11.0. The number of nitrogens with one attached hydrogen (secondary N) is 1. The molecule has 16 heavy (non-hydrogen) atoms. The average molecular weight is 266 g/mol. The fraction of sp³-hybridized carbons (Fsp3) is 0.222. The Bertz CT molecular complexity index is 515. The average Bonchev–Trinajstić information content (AvgIpc) is 2.16. The van der Waals surface area contributed by atoms with Crippen LogP contribution >= 0.6 is 10.7 Å². The highest BCUT2D eigenvalue weighted by Gasteiger charge is 2.16. The number of benzene rings is 1. The molecular formula is C9H9ClFNO3S. The SMILES string of the molecule is CCNC(=O)c1cc(S(=O)(=O)Cl)ccc1F. The van der Waals surface area contributed by atoms with Gasteiger partial charge < -0.3 is 5.32 Å². The smallest absolute Gasteiger partial charge is 0.261 e. The minimum atomic E-state index is -3.96. The van der Waals surface area contributed by atoms with Crippen LogP contribution in [0.4, 0.5) is 4.39 Å². The maximum atomic E-state index is 13.2. The molecule has 1 amide bonds. The summed E-state index contributed by atoms with van der Waals surface area (Å²) in [5.74, 6) is -1.47. The zero-order valence-electron chi connectivity index (χ0n) is 8.33. The number of hydrogen-bond donors (Lipinski definition) is 1. The number of halogens is 2. The van der Waals surface area contributed by atoms with Crippen LogP contribution in [0.5, 0.6) is 0 Å².